The molecule has 0 radical (unpaired) electrons. The minimum absolute atomic E-state index is 0.568. The highest BCUT2D eigenvalue weighted by Crippen LogP contribution is 2.28. The van der Waals surface area contributed by atoms with Crippen LogP contribution in [0.15, 0.2) is 46.9 Å². The zero-order valence-electron chi connectivity index (χ0n) is 12.1. The molecule has 0 bridgehead atoms. The van der Waals surface area contributed by atoms with Gasteiger partial charge in [-0.3, -0.25) is 0 Å². The van der Waals surface area contributed by atoms with Gasteiger partial charge in [0.05, 0.1) is 17.2 Å². The van der Waals surface area contributed by atoms with Gasteiger partial charge in [-0.15, -0.1) is 0 Å². The van der Waals surface area contributed by atoms with E-state index in [1.165, 1.54) is 0 Å². The molecule has 0 saturated heterocycles. The zero-order chi connectivity index (χ0) is 15.5. The van der Waals surface area contributed by atoms with Crippen LogP contribution in [-0.2, 0) is 12.8 Å². The summed E-state index contributed by atoms with van der Waals surface area (Å²) in [6.07, 6.45) is 1.14. The fourth-order valence-electron chi connectivity index (χ4n) is 2.36. The van der Waals surface area contributed by atoms with Gasteiger partial charge in [-0.1, -0.05) is 29.8 Å². The molecule has 2 aromatic rings. The van der Waals surface area contributed by atoms with Crippen LogP contribution < -0.4 is 4.74 Å². The molecule has 1 atom stereocenters. The van der Waals surface area contributed by atoms with E-state index >= 15 is 0 Å². The maximum atomic E-state index is 10.6. The lowest BCUT2D eigenvalue weighted by molar-refractivity contribution is 0.0608. The summed E-state index contributed by atoms with van der Waals surface area (Å²) in [5, 5.41) is 11.3. The number of rotatable bonds is 5. The minimum Gasteiger partial charge on any atom is -0.496 e. The highest BCUT2D eigenvalue weighted by Gasteiger charge is 2.22. The van der Waals surface area contributed by atoms with Crippen molar-refractivity contribution in [2.45, 2.75) is 25.4 Å². The number of ether oxygens (including phenoxy) is 1. The van der Waals surface area contributed by atoms with Crippen LogP contribution in [0.3, 0.4) is 0 Å². The van der Waals surface area contributed by atoms with Crippen LogP contribution in [-0.4, -0.2) is 17.8 Å². The lowest BCUT2D eigenvalue weighted by Crippen LogP contribution is -2.30. The van der Waals surface area contributed by atoms with Gasteiger partial charge in [-0.2, -0.15) is 0 Å². The fourth-order valence-corrected chi connectivity index (χ4v) is 3.08. The molecule has 0 spiro atoms. The van der Waals surface area contributed by atoms with Crippen molar-refractivity contribution in [2.75, 3.05) is 7.11 Å². The van der Waals surface area contributed by atoms with E-state index in [1.807, 2.05) is 49.4 Å². The molecule has 0 fully saturated rings. The van der Waals surface area contributed by atoms with Gasteiger partial charge in [0.25, 0.3) is 0 Å². The van der Waals surface area contributed by atoms with Crippen LogP contribution >= 0.6 is 27.5 Å². The third-order valence-corrected chi connectivity index (χ3v) is 4.17. The van der Waals surface area contributed by atoms with Gasteiger partial charge in [-0.05, 0) is 58.2 Å². The Hall–Kier alpha value is -1.03. The Morgan fingerprint density at radius 2 is 1.67 bits per heavy atom. The number of methoxy groups -OCH3 is 1. The molecule has 2 aromatic carbocycles. The van der Waals surface area contributed by atoms with E-state index in [9.17, 15) is 5.11 Å². The number of hydrogen-bond donors (Lipinski definition) is 1. The highest BCUT2D eigenvalue weighted by atomic mass is 79.9. The molecule has 21 heavy (non-hydrogen) atoms. The predicted octanol–water partition coefficient (Wildman–Crippen LogP) is 4.65. The van der Waals surface area contributed by atoms with Crippen molar-refractivity contribution < 1.29 is 9.84 Å². The van der Waals surface area contributed by atoms with Gasteiger partial charge in [0.1, 0.15) is 5.75 Å². The molecule has 2 rings (SSSR count). The van der Waals surface area contributed by atoms with Crippen LogP contribution in [0.4, 0.5) is 0 Å². The zero-order valence-corrected chi connectivity index (χ0v) is 14.4. The Morgan fingerprint density at radius 1 is 1.10 bits per heavy atom. The standard InChI is InChI=1S/C17H18BrClO2/c1-17(20,10-12-3-6-14(19)7-4-12)11-13-5-8-16(21-2)15(18)9-13/h3-9,20H,10-11H2,1-2H3. The average Bonchev–Trinajstić information content (AvgIpc) is 2.41. The summed E-state index contributed by atoms with van der Waals surface area (Å²) in [6, 6.07) is 13.4. The van der Waals surface area contributed by atoms with Gasteiger partial charge in [0, 0.05) is 17.9 Å². The van der Waals surface area contributed by atoms with Crippen molar-refractivity contribution in [3.8, 4) is 5.75 Å². The molecule has 0 heterocycles. The second-order valence-corrected chi connectivity index (χ2v) is 6.74. The summed E-state index contributed by atoms with van der Waals surface area (Å²) >= 11 is 9.35. The molecule has 112 valence electrons. The molecule has 4 heteroatoms. The van der Waals surface area contributed by atoms with Crippen LogP contribution in [0.1, 0.15) is 18.1 Å². The van der Waals surface area contributed by atoms with E-state index in [4.69, 9.17) is 16.3 Å². The largest absolute Gasteiger partial charge is 0.496 e. The van der Waals surface area contributed by atoms with Gasteiger partial charge in [0.2, 0.25) is 0 Å². The monoisotopic (exact) mass is 368 g/mol. The maximum Gasteiger partial charge on any atom is 0.133 e. The quantitative estimate of drug-likeness (QED) is 0.831. The van der Waals surface area contributed by atoms with E-state index in [2.05, 4.69) is 15.9 Å². The maximum absolute atomic E-state index is 10.6. The molecule has 0 aromatic heterocycles. The van der Waals surface area contributed by atoms with Crippen LogP contribution in [0, 0.1) is 0 Å². The molecule has 1 N–H and O–H groups in total. The molecule has 0 saturated carbocycles. The van der Waals surface area contributed by atoms with Crippen LogP contribution in [0.5, 0.6) is 5.75 Å². The van der Waals surface area contributed by atoms with Gasteiger partial charge < -0.3 is 9.84 Å². The fraction of sp³-hybridized carbons (Fsp3) is 0.294. The SMILES string of the molecule is COc1ccc(CC(C)(O)Cc2ccc(Cl)cc2)cc1Br. The molecule has 2 nitrogen and oxygen atoms in total. The third-order valence-electron chi connectivity index (χ3n) is 3.30. The van der Waals surface area contributed by atoms with E-state index in [1.54, 1.807) is 7.11 Å². The molecule has 0 aliphatic carbocycles. The van der Waals surface area contributed by atoms with Crippen LogP contribution in [0.2, 0.25) is 5.02 Å². The topological polar surface area (TPSA) is 29.5 Å². The Balaban J connectivity index is 2.09. The number of benzene rings is 2. The van der Waals surface area contributed by atoms with Crippen molar-refractivity contribution in [1.29, 1.82) is 0 Å². The van der Waals surface area contributed by atoms with E-state index < -0.39 is 5.60 Å². The van der Waals surface area contributed by atoms with Crippen LogP contribution in [0.25, 0.3) is 0 Å². The molecule has 0 aliphatic rings. The first-order valence-electron chi connectivity index (χ1n) is 6.69. The Kier molecular flexibility index (Phi) is 5.31. The van der Waals surface area contributed by atoms with Crippen molar-refractivity contribution in [3.63, 3.8) is 0 Å². The number of hydrogen-bond acceptors (Lipinski definition) is 2. The Bertz CT molecular complexity index is 609. The summed E-state index contributed by atoms with van der Waals surface area (Å²) in [6.45, 7) is 1.85. The lowest BCUT2D eigenvalue weighted by atomic mass is 9.90. The molecule has 0 amide bonds. The molecule has 0 aliphatic heterocycles. The average molecular weight is 370 g/mol. The first-order valence-corrected chi connectivity index (χ1v) is 7.86. The second-order valence-electron chi connectivity index (χ2n) is 5.45. The summed E-state index contributed by atoms with van der Waals surface area (Å²) in [5.41, 5.74) is 1.31. The van der Waals surface area contributed by atoms with Crippen molar-refractivity contribution in [3.05, 3.63) is 63.1 Å². The molecular formula is C17H18BrClO2. The summed E-state index contributed by atoms with van der Waals surface area (Å²) in [5.74, 6) is 0.788. The normalized spacial score (nSPS) is 13.8. The van der Waals surface area contributed by atoms with E-state index in [0.717, 1.165) is 21.3 Å². The smallest absolute Gasteiger partial charge is 0.133 e. The van der Waals surface area contributed by atoms with Crippen molar-refractivity contribution in [1.82, 2.24) is 0 Å². The predicted molar refractivity (Wildman–Crippen MR) is 90.2 cm³/mol. The van der Waals surface area contributed by atoms with E-state index in [-0.39, 0.29) is 0 Å². The lowest BCUT2D eigenvalue weighted by Gasteiger charge is -2.24. The highest BCUT2D eigenvalue weighted by molar-refractivity contribution is 9.10. The van der Waals surface area contributed by atoms with Crippen molar-refractivity contribution >= 4 is 27.5 Å². The number of halogens is 2. The first-order chi connectivity index (χ1) is 9.89. The Morgan fingerprint density at radius 3 is 2.24 bits per heavy atom. The number of aliphatic hydroxyl groups is 1. The molecular weight excluding hydrogens is 352 g/mol. The minimum atomic E-state index is -0.818. The van der Waals surface area contributed by atoms with Gasteiger partial charge in [-0.25, -0.2) is 0 Å². The summed E-state index contributed by atoms with van der Waals surface area (Å²) < 4.78 is 6.11. The van der Waals surface area contributed by atoms with Gasteiger partial charge in [0.15, 0.2) is 0 Å². The summed E-state index contributed by atoms with van der Waals surface area (Å²) in [7, 11) is 1.64. The second kappa shape index (κ2) is 6.82. The summed E-state index contributed by atoms with van der Waals surface area (Å²) in [4.78, 5) is 0. The molecule has 1 unspecified atom stereocenters. The van der Waals surface area contributed by atoms with Crippen molar-refractivity contribution in [2.24, 2.45) is 0 Å². The Labute approximate surface area is 138 Å². The van der Waals surface area contributed by atoms with Gasteiger partial charge >= 0.3 is 0 Å². The first kappa shape index (κ1) is 16.3. The van der Waals surface area contributed by atoms with E-state index in [0.29, 0.717) is 17.9 Å². The third kappa shape index (κ3) is 4.73.